The predicted octanol–water partition coefficient (Wildman–Crippen LogP) is 2.68. The molecule has 90 valence electrons. The summed E-state index contributed by atoms with van der Waals surface area (Å²) in [4.78, 5) is 8.73. The second kappa shape index (κ2) is 4.51. The SMILES string of the molecule is OCc1ccc2c(c1)ncn2-c1cccc(Br)n1. The first kappa shape index (κ1) is 11.4. The number of aromatic nitrogens is 3. The summed E-state index contributed by atoms with van der Waals surface area (Å²) in [5, 5.41) is 9.10. The van der Waals surface area contributed by atoms with E-state index in [0.717, 1.165) is 27.0 Å². The fraction of sp³-hybridized carbons (Fsp3) is 0.0769. The van der Waals surface area contributed by atoms with Crippen molar-refractivity contribution in [3.05, 3.63) is 52.9 Å². The molecule has 1 aromatic carbocycles. The molecule has 0 spiro atoms. The van der Waals surface area contributed by atoms with Crippen LogP contribution in [0.3, 0.4) is 0 Å². The molecular weight excluding hydrogens is 294 g/mol. The van der Waals surface area contributed by atoms with Gasteiger partial charge in [-0.3, -0.25) is 4.57 Å². The minimum Gasteiger partial charge on any atom is -0.392 e. The fourth-order valence-electron chi connectivity index (χ4n) is 1.87. The second-order valence-electron chi connectivity index (χ2n) is 3.91. The highest BCUT2D eigenvalue weighted by Gasteiger charge is 2.06. The van der Waals surface area contributed by atoms with Crippen LogP contribution in [-0.4, -0.2) is 19.6 Å². The van der Waals surface area contributed by atoms with Crippen molar-refractivity contribution in [1.82, 2.24) is 14.5 Å². The number of hydrogen-bond donors (Lipinski definition) is 1. The van der Waals surface area contributed by atoms with Crippen LogP contribution in [0.1, 0.15) is 5.56 Å². The third kappa shape index (κ3) is 1.91. The van der Waals surface area contributed by atoms with Crippen LogP contribution >= 0.6 is 15.9 Å². The van der Waals surface area contributed by atoms with Crippen molar-refractivity contribution >= 4 is 27.0 Å². The molecule has 5 heteroatoms. The molecule has 3 aromatic rings. The molecule has 0 amide bonds. The van der Waals surface area contributed by atoms with E-state index in [9.17, 15) is 0 Å². The minimum absolute atomic E-state index is 0.0257. The molecule has 0 saturated carbocycles. The summed E-state index contributed by atoms with van der Waals surface area (Å²) in [6.07, 6.45) is 1.74. The molecule has 2 aromatic heterocycles. The largest absolute Gasteiger partial charge is 0.392 e. The Morgan fingerprint density at radius 2 is 2.11 bits per heavy atom. The first-order chi connectivity index (χ1) is 8.78. The van der Waals surface area contributed by atoms with Crippen molar-refractivity contribution in [1.29, 1.82) is 0 Å². The summed E-state index contributed by atoms with van der Waals surface area (Å²) in [6.45, 7) is 0.0257. The van der Waals surface area contributed by atoms with Gasteiger partial charge in [-0.1, -0.05) is 12.1 Å². The highest BCUT2D eigenvalue weighted by molar-refractivity contribution is 9.10. The van der Waals surface area contributed by atoms with Crippen LogP contribution in [0.5, 0.6) is 0 Å². The van der Waals surface area contributed by atoms with Crippen LogP contribution < -0.4 is 0 Å². The first-order valence-corrected chi connectivity index (χ1v) is 6.27. The van der Waals surface area contributed by atoms with Crippen molar-refractivity contribution in [3.8, 4) is 5.82 Å². The van der Waals surface area contributed by atoms with Crippen molar-refractivity contribution in [2.45, 2.75) is 6.61 Å². The third-order valence-corrected chi connectivity index (χ3v) is 3.18. The zero-order valence-electron chi connectivity index (χ0n) is 9.42. The quantitative estimate of drug-likeness (QED) is 0.741. The van der Waals surface area contributed by atoms with Gasteiger partial charge in [0.25, 0.3) is 0 Å². The van der Waals surface area contributed by atoms with E-state index in [1.807, 2.05) is 41.0 Å². The van der Waals surface area contributed by atoms with E-state index >= 15 is 0 Å². The number of pyridine rings is 1. The van der Waals surface area contributed by atoms with Crippen molar-refractivity contribution in [3.63, 3.8) is 0 Å². The number of imidazole rings is 1. The molecule has 18 heavy (non-hydrogen) atoms. The van der Waals surface area contributed by atoms with Crippen LogP contribution in [0, 0.1) is 0 Å². The zero-order valence-corrected chi connectivity index (χ0v) is 11.0. The second-order valence-corrected chi connectivity index (χ2v) is 4.73. The molecule has 1 N–H and O–H groups in total. The van der Waals surface area contributed by atoms with Crippen molar-refractivity contribution in [2.24, 2.45) is 0 Å². The maximum absolute atomic E-state index is 9.10. The molecule has 3 rings (SSSR count). The first-order valence-electron chi connectivity index (χ1n) is 5.48. The molecule has 0 unspecified atom stereocenters. The van der Waals surface area contributed by atoms with Gasteiger partial charge in [0.1, 0.15) is 16.7 Å². The van der Waals surface area contributed by atoms with Gasteiger partial charge in [0.2, 0.25) is 0 Å². The number of fused-ring (bicyclic) bond motifs is 1. The Balaban J connectivity index is 2.18. The van der Waals surface area contributed by atoms with Crippen LogP contribution in [-0.2, 0) is 6.61 Å². The molecule has 4 nitrogen and oxygen atoms in total. The van der Waals surface area contributed by atoms with Crippen LogP contribution in [0.25, 0.3) is 16.9 Å². The van der Waals surface area contributed by atoms with E-state index in [-0.39, 0.29) is 6.61 Å². The maximum atomic E-state index is 9.10. The van der Waals surface area contributed by atoms with Crippen LogP contribution in [0.2, 0.25) is 0 Å². The Bertz CT molecular complexity index is 708. The van der Waals surface area contributed by atoms with Crippen molar-refractivity contribution < 1.29 is 5.11 Å². The average molecular weight is 304 g/mol. The molecule has 0 saturated heterocycles. The molecule has 0 radical (unpaired) electrons. The van der Waals surface area contributed by atoms with E-state index < -0.39 is 0 Å². The zero-order chi connectivity index (χ0) is 12.5. The van der Waals surface area contributed by atoms with Gasteiger partial charge in [-0.15, -0.1) is 0 Å². The maximum Gasteiger partial charge on any atom is 0.139 e. The third-order valence-electron chi connectivity index (χ3n) is 2.74. The number of hydrogen-bond acceptors (Lipinski definition) is 3. The number of aliphatic hydroxyl groups is 1. The molecule has 0 bridgehead atoms. The Hall–Kier alpha value is -1.72. The lowest BCUT2D eigenvalue weighted by Crippen LogP contribution is -1.95. The van der Waals surface area contributed by atoms with Gasteiger partial charge in [0.15, 0.2) is 0 Å². The van der Waals surface area contributed by atoms with Crippen LogP contribution in [0.15, 0.2) is 47.3 Å². The lowest BCUT2D eigenvalue weighted by molar-refractivity contribution is 0.282. The van der Waals surface area contributed by atoms with E-state index in [0.29, 0.717) is 0 Å². The van der Waals surface area contributed by atoms with Crippen LogP contribution in [0.4, 0.5) is 0 Å². The summed E-state index contributed by atoms with van der Waals surface area (Å²) in [6, 6.07) is 11.4. The topological polar surface area (TPSA) is 50.9 Å². The van der Waals surface area contributed by atoms with Gasteiger partial charge in [-0.05, 0) is 45.8 Å². The number of nitrogens with zero attached hydrogens (tertiary/aromatic N) is 3. The summed E-state index contributed by atoms with van der Waals surface area (Å²) in [5.41, 5.74) is 2.68. The van der Waals surface area contributed by atoms with Gasteiger partial charge in [-0.25, -0.2) is 9.97 Å². The van der Waals surface area contributed by atoms with E-state index in [4.69, 9.17) is 5.11 Å². The van der Waals surface area contributed by atoms with E-state index in [2.05, 4.69) is 25.9 Å². The summed E-state index contributed by atoms with van der Waals surface area (Å²) in [7, 11) is 0. The average Bonchev–Trinajstić information content (AvgIpc) is 2.81. The van der Waals surface area contributed by atoms with Gasteiger partial charge < -0.3 is 5.11 Å². The standard InChI is InChI=1S/C13H10BrN3O/c14-12-2-1-3-13(16-12)17-8-15-10-6-9(7-18)4-5-11(10)17/h1-6,8,18H,7H2. The fourth-order valence-corrected chi connectivity index (χ4v) is 2.21. The lowest BCUT2D eigenvalue weighted by Gasteiger charge is -2.03. The highest BCUT2D eigenvalue weighted by atomic mass is 79.9. The predicted molar refractivity (Wildman–Crippen MR) is 72.5 cm³/mol. The monoisotopic (exact) mass is 303 g/mol. The number of aliphatic hydroxyl groups excluding tert-OH is 1. The summed E-state index contributed by atoms with van der Waals surface area (Å²) < 4.78 is 2.70. The molecule has 0 fully saturated rings. The van der Waals surface area contributed by atoms with E-state index in [1.165, 1.54) is 0 Å². The molecular formula is C13H10BrN3O. The lowest BCUT2D eigenvalue weighted by atomic mass is 10.2. The van der Waals surface area contributed by atoms with Crippen molar-refractivity contribution in [2.75, 3.05) is 0 Å². The summed E-state index contributed by atoms with van der Waals surface area (Å²) in [5.74, 6) is 0.809. The number of halogens is 1. The van der Waals surface area contributed by atoms with Gasteiger partial charge in [-0.2, -0.15) is 0 Å². The Morgan fingerprint density at radius 3 is 2.89 bits per heavy atom. The Kier molecular flexibility index (Phi) is 2.85. The van der Waals surface area contributed by atoms with Gasteiger partial charge >= 0.3 is 0 Å². The summed E-state index contributed by atoms with van der Waals surface area (Å²) >= 11 is 3.36. The smallest absolute Gasteiger partial charge is 0.139 e. The molecule has 2 heterocycles. The molecule has 0 atom stereocenters. The normalized spacial score (nSPS) is 11.0. The minimum atomic E-state index is 0.0257. The van der Waals surface area contributed by atoms with E-state index in [1.54, 1.807) is 6.33 Å². The Labute approximate surface area is 112 Å². The molecule has 0 aliphatic carbocycles. The number of benzene rings is 1. The Morgan fingerprint density at radius 1 is 1.22 bits per heavy atom. The van der Waals surface area contributed by atoms with Gasteiger partial charge in [0.05, 0.1) is 17.6 Å². The molecule has 0 aliphatic rings. The number of rotatable bonds is 2. The molecule has 0 aliphatic heterocycles. The highest BCUT2D eigenvalue weighted by Crippen LogP contribution is 2.19. The van der Waals surface area contributed by atoms with Gasteiger partial charge in [0, 0.05) is 0 Å².